The highest BCUT2D eigenvalue weighted by atomic mass is 79.9. The molecule has 0 bridgehead atoms. The number of halogens is 1. The molecule has 0 spiro atoms. The summed E-state index contributed by atoms with van der Waals surface area (Å²) in [5, 5.41) is 8.67. The van der Waals surface area contributed by atoms with Crippen LogP contribution in [0.25, 0.3) is 0 Å². The molecule has 0 N–H and O–H groups in total. The highest BCUT2D eigenvalue weighted by molar-refractivity contribution is 9.10. The summed E-state index contributed by atoms with van der Waals surface area (Å²) in [7, 11) is 0. The van der Waals surface area contributed by atoms with Crippen LogP contribution in [0.3, 0.4) is 0 Å². The van der Waals surface area contributed by atoms with E-state index in [4.69, 9.17) is 5.26 Å². The Morgan fingerprint density at radius 1 is 1.62 bits per heavy atom. The minimum atomic E-state index is -0.176. The van der Waals surface area contributed by atoms with Gasteiger partial charge in [-0.1, -0.05) is 0 Å². The molecule has 1 heterocycles. The van der Waals surface area contributed by atoms with Gasteiger partial charge in [-0.15, -0.1) is 0 Å². The SMILES string of the molecule is CC(C)N(CC#N)C(=O)c1cncc(Br)c1. The van der Waals surface area contributed by atoms with E-state index >= 15 is 0 Å². The van der Waals surface area contributed by atoms with Crippen LogP contribution in [0, 0.1) is 11.3 Å². The van der Waals surface area contributed by atoms with Gasteiger partial charge in [-0.25, -0.2) is 0 Å². The molecule has 5 heteroatoms. The van der Waals surface area contributed by atoms with Crippen LogP contribution in [0.4, 0.5) is 0 Å². The molecular formula is C11H12BrN3O. The summed E-state index contributed by atoms with van der Waals surface area (Å²) in [6, 6.07) is 3.68. The number of hydrogen-bond acceptors (Lipinski definition) is 3. The lowest BCUT2D eigenvalue weighted by molar-refractivity contribution is 0.0731. The third kappa shape index (κ3) is 3.04. The minimum Gasteiger partial charge on any atom is -0.323 e. The second-order valence-electron chi connectivity index (χ2n) is 3.58. The van der Waals surface area contributed by atoms with Gasteiger partial charge in [-0.3, -0.25) is 9.78 Å². The van der Waals surface area contributed by atoms with Gasteiger partial charge >= 0.3 is 0 Å². The lowest BCUT2D eigenvalue weighted by Crippen LogP contribution is -2.37. The zero-order valence-electron chi connectivity index (χ0n) is 9.14. The summed E-state index contributed by atoms with van der Waals surface area (Å²) >= 11 is 3.26. The molecule has 0 radical (unpaired) electrons. The van der Waals surface area contributed by atoms with Crippen molar-refractivity contribution in [2.75, 3.05) is 6.54 Å². The van der Waals surface area contributed by atoms with E-state index < -0.39 is 0 Å². The van der Waals surface area contributed by atoms with Crippen LogP contribution in [-0.2, 0) is 0 Å². The Morgan fingerprint density at radius 3 is 2.81 bits per heavy atom. The molecule has 0 atom stereocenters. The summed E-state index contributed by atoms with van der Waals surface area (Å²) in [6.07, 6.45) is 3.11. The molecule has 0 unspecified atom stereocenters. The maximum absolute atomic E-state index is 12.0. The van der Waals surface area contributed by atoms with Crippen LogP contribution in [0.15, 0.2) is 22.9 Å². The van der Waals surface area contributed by atoms with Crippen molar-refractivity contribution < 1.29 is 4.79 Å². The Bertz CT molecular complexity index is 425. The second kappa shape index (κ2) is 5.61. The van der Waals surface area contributed by atoms with Gasteiger partial charge < -0.3 is 4.90 Å². The number of rotatable bonds is 3. The number of carbonyl (C=O) groups is 1. The maximum Gasteiger partial charge on any atom is 0.256 e. The predicted molar refractivity (Wildman–Crippen MR) is 63.7 cm³/mol. The second-order valence-corrected chi connectivity index (χ2v) is 4.49. The minimum absolute atomic E-state index is 0.00821. The van der Waals surface area contributed by atoms with Crippen LogP contribution in [0.2, 0.25) is 0 Å². The normalized spacial score (nSPS) is 9.94. The summed E-state index contributed by atoms with van der Waals surface area (Å²) in [5.41, 5.74) is 0.485. The first-order chi connectivity index (χ1) is 7.56. The standard InChI is InChI=1S/C11H12BrN3O/c1-8(2)15(4-3-13)11(16)9-5-10(12)7-14-6-9/h5-8H,4H2,1-2H3. The van der Waals surface area contributed by atoms with Crippen LogP contribution in [0.1, 0.15) is 24.2 Å². The monoisotopic (exact) mass is 281 g/mol. The number of pyridine rings is 1. The van der Waals surface area contributed by atoms with Crippen molar-refractivity contribution in [3.63, 3.8) is 0 Å². The largest absolute Gasteiger partial charge is 0.323 e. The molecule has 0 aliphatic rings. The number of amides is 1. The van der Waals surface area contributed by atoms with Gasteiger partial charge in [0.1, 0.15) is 6.54 Å². The highest BCUT2D eigenvalue weighted by Gasteiger charge is 2.18. The van der Waals surface area contributed by atoms with Crippen molar-refractivity contribution in [1.82, 2.24) is 9.88 Å². The summed E-state index contributed by atoms with van der Waals surface area (Å²) in [6.45, 7) is 3.84. The Balaban J connectivity index is 2.95. The number of carbonyl (C=O) groups excluding carboxylic acids is 1. The van der Waals surface area contributed by atoms with E-state index in [2.05, 4.69) is 20.9 Å². The van der Waals surface area contributed by atoms with Gasteiger partial charge in [0.25, 0.3) is 5.91 Å². The smallest absolute Gasteiger partial charge is 0.256 e. The molecule has 0 saturated heterocycles. The molecule has 0 aromatic carbocycles. The first kappa shape index (κ1) is 12.7. The van der Waals surface area contributed by atoms with Crippen molar-refractivity contribution in [3.8, 4) is 6.07 Å². The Labute approximate surface area is 103 Å². The van der Waals surface area contributed by atoms with Gasteiger partial charge in [0.2, 0.25) is 0 Å². The third-order valence-electron chi connectivity index (χ3n) is 2.08. The van der Waals surface area contributed by atoms with E-state index in [-0.39, 0.29) is 18.5 Å². The van der Waals surface area contributed by atoms with Crippen molar-refractivity contribution in [3.05, 3.63) is 28.5 Å². The predicted octanol–water partition coefficient (Wildman–Crippen LogP) is 2.22. The van der Waals surface area contributed by atoms with Crippen LogP contribution in [-0.4, -0.2) is 28.4 Å². The van der Waals surface area contributed by atoms with Crippen LogP contribution in [0.5, 0.6) is 0 Å². The number of aromatic nitrogens is 1. The van der Waals surface area contributed by atoms with Crippen LogP contribution >= 0.6 is 15.9 Å². The lowest BCUT2D eigenvalue weighted by atomic mass is 10.2. The molecule has 0 fully saturated rings. The van der Waals surface area contributed by atoms with Gasteiger partial charge in [0, 0.05) is 22.9 Å². The van der Waals surface area contributed by atoms with Crippen molar-refractivity contribution in [2.45, 2.75) is 19.9 Å². The maximum atomic E-state index is 12.0. The molecule has 1 amide bonds. The van der Waals surface area contributed by atoms with Gasteiger partial charge in [0.05, 0.1) is 11.6 Å². The quantitative estimate of drug-likeness (QED) is 0.799. The topological polar surface area (TPSA) is 57.0 Å². The van der Waals surface area contributed by atoms with E-state index in [1.807, 2.05) is 19.9 Å². The Hall–Kier alpha value is -1.41. The van der Waals surface area contributed by atoms with E-state index in [1.165, 1.54) is 11.1 Å². The fraction of sp³-hybridized carbons (Fsp3) is 0.364. The first-order valence-electron chi connectivity index (χ1n) is 4.84. The van der Waals surface area contributed by atoms with Gasteiger partial charge in [0.15, 0.2) is 0 Å². The fourth-order valence-corrected chi connectivity index (χ4v) is 1.62. The van der Waals surface area contributed by atoms with Crippen molar-refractivity contribution >= 4 is 21.8 Å². The van der Waals surface area contributed by atoms with Crippen molar-refractivity contribution in [1.29, 1.82) is 5.26 Å². The molecule has 1 aromatic rings. The molecule has 1 rings (SSSR count). The Morgan fingerprint density at radius 2 is 2.31 bits per heavy atom. The molecule has 0 aliphatic heterocycles. The van der Waals surface area contributed by atoms with Gasteiger partial charge in [-0.05, 0) is 35.8 Å². The molecule has 4 nitrogen and oxygen atoms in total. The van der Waals surface area contributed by atoms with E-state index in [0.717, 1.165) is 4.47 Å². The summed E-state index contributed by atoms with van der Waals surface area (Å²) < 4.78 is 0.749. The van der Waals surface area contributed by atoms with E-state index in [1.54, 1.807) is 12.3 Å². The number of nitrogens with zero attached hydrogens (tertiary/aromatic N) is 3. The molecule has 84 valence electrons. The molecular weight excluding hydrogens is 270 g/mol. The lowest BCUT2D eigenvalue weighted by Gasteiger charge is -2.23. The summed E-state index contributed by atoms with van der Waals surface area (Å²) in [4.78, 5) is 17.5. The average molecular weight is 282 g/mol. The highest BCUT2D eigenvalue weighted by Crippen LogP contribution is 2.13. The number of hydrogen-bond donors (Lipinski definition) is 0. The average Bonchev–Trinajstić information content (AvgIpc) is 2.24. The summed E-state index contributed by atoms with van der Waals surface area (Å²) in [5.74, 6) is -0.176. The Kier molecular flexibility index (Phi) is 4.44. The van der Waals surface area contributed by atoms with Crippen molar-refractivity contribution in [2.24, 2.45) is 0 Å². The first-order valence-corrected chi connectivity index (χ1v) is 5.64. The van der Waals surface area contributed by atoms with Crippen LogP contribution < -0.4 is 0 Å². The molecule has 0 saturated carbocycles. The molecule has 1 aromatic heterocycles. The molecule has 0 aliphatic carbocycles. The van der Waals surface area contributed by atoms with E-state index in [0.29, 0.717) is 5.56 Å². The van der Waals surface area contributed by atoms with Gasteiger partial charge in [-0.2, -0.15) is 5.26 Å². The zero-order valence-corrected chi connectivity index (χ0v) is 10.7. The zero-order chi connectivity index (χ0) is 12.1. The fourth-order valence-electron chi connectivity index (χ4n) is 1.26. The third-order valence-corrected chi connectivity index (χ3v) is 2.51. The van der Waals surface area contributed by atoms with E-state index in [9.17, 15) is 4.79 Å². The molecule has 16 heavy (non-hydrogen) atoms. The number of nitriles is 1.